The second-order valence-corrected chi connectivity index (χ2v) is 4.99. The second-order valence-electron chi connectivity index (χ2n) is 4.14. The molecule has 0 fully saturated rings. The van der Waals surface area contributed by atoms with Gasteiger partial charge in [0.1, 0.15) is 6.07 Å². The zero-order valence-electron chi connectivity index (χ0n) is 11.0. The summed E-state index contributed by atoms with van der Waals surface area (Å²) in [7, 11) is 0. The number of nitrogens with zero attached hydrogens (tertiary/aromatic N) is 2. The van der Waals surface area contributed by atoms with E-state index in [9.17, 15) is 0 Å². The normalized spacial score (nSPS) is 10.4. The predicted molar refractivity (Wildman–Crippen MR) is 79.8 cm³/mol. The van der Waals surface area contributed by atoms with Crippen molar-refractivity contribution in [2.75, 3.05) is 31.5 Å². The van der Waals surface area contributed by atoms with Crippen LogP contribution < -0.4 is 5.32 Å². The second kappa shape index (κ2) is 8.12. The predicted octanol–water partition coefficient (Wildman–Crippen LogP) is 3.46. The number of halogens is 1. The molecule has 0 radical (unpaired) electrons. The van der Waals surface area contributed by atoms with Gasteiger partial charge in [0.15, 0.2) is 0 Å². The minimum atomic E-state index is 0.677. The fourth-order valence-electron chi connectivity index (χ4n) is 1.88. The minimum Gasteiger partial charge on any atom is -0.383 e. The van der Waals surface area contributed by atoms with Gasteiger partial charge in [0, 0.05) is 17.6 Å². The van der Waals surface area contributed by atoms with Crippen LogP contribution in [0.2, 0.25) is 0 Å². The molecule has 0 aromatic heterocycles. The van der Waals surface area contributed by atoms with Crippen molar-refractivity contribution in [1.29, 1.82) is 5.26 Å². The molecule has 98 valence electrons. The Kier molecular flexibility index (Phi) is 6.77. The highest BCUT2D eigenvalue weighted by atomic mass is 79.9. The summed E-state index contributed by atoms with van der Waals surface area (Å²) in [5, 5.41) is 12.4. The number of likely N-dealkylation sites (N-methyl/N-ethyl adjacent to an activating group) is 1. The zero-order valence-corrected chi connectivity index (χ0v) is 12.6. The maximum absolute atomic E-state index is 9.11. The summed E-state index contributed by atoms with van der Waals surface area (Å²) in [6.45, 7) is 8.43. The molecule has 1 aromatic rings. The molecule has 18 heavy (non-hydrogen) atoms. The van der Waals surface area contributed by atoms with Gasteiger partial charge >= 0.3 is 0 Å². The SMILES string of the molecule is CCCN(CC)CCNc1cccc(Br)c1C#N. The van der Waals surface area contributed by atoms with Gasteiger partial charge in [-0.05, 0) is 47.6 Å². The van der Waals surface area contributed by atoms with E-state index in [2.05, 4.69) is 46.1 Å². The molecule has 0 saturated heterocycles. The summed E-state index contributed by atoms with van der Waals surface area (Å²) in [5.74, 6) is 0. The van der Waals surface area contributed by atoms with E-state index in [1.165, 1.54) is 6.42 Å². The molecule has 0 aliphatic carbocycles. The fourth-order valence-corrected chi connectivity index (χ4v) is 2.33. The number of hydrogen-bond donors (Lipinski definition) is 1. The van der Waals surface area contributed by atoms with Crippen molar-refractivity contribution in [3.05, 3.63) is 28.2 Å². The highest BCUT2D eigenvalue weighted by molar-refractivity contribution is 9.10. The topological polar surface area (TPSA) is 39.1 Å². The third-order valence-corrected chi connectivity index (χ3v) is 3.52. The smallest absolute Gasteiger partial charge is 0.103 e. The van der Waals surface area contributed by atoms with Gasteiger partial charge in [0.25, 0.3) is 0 Å². The van der Waals surface area contributed by atoms with Crippen molar-refractivity contribution in [2.24, 2.45) is 0 Å². The van der Waals surface area contributed by atoms with Gasteiger partial charge in [-0.15, -0.1) is 0 Å². The zero-order chi connectivity index (χ0) is 13.4. The molecule has 0 amide bonds. The number of rotatable bonds is 7. The highest BCUT2D eigenvalue weighted by Crippen LogP contribution is 2.23. The average Bonchev–Trinajstić information content (AvgIpc) is 2.38. The lowest BCUT2D eigenvalue weighted by molar-refractivity contribution is 0.300. The quantitative estimate of drug-likeness (QED) is 0.838. The number of nitriles is 1. The Morgan fingerprint density at radius 1 is 1.33 bits per heavy atom. The van der Waals surface area contributed by atoms with E-state index in [-0.39, 0.29) is 0 Å². The van der Waals surface area contributed by atoms with Crippen LogP contribution in [0.4, 0.5) is 5.69 Å². The Balaban J connectivity index is 2.54. The molecule has 1 N–H and O–H groups in total. The molecule has 3 nitrogen and oxygen atoms in total. The number of hydrogen-bond acceptors (Lipinski definition) is 3. The first-order valence-corrected chi connectivity index (χ1v) is 7.17. The minimum absolute atomic E-state index is 0.677. The summed E-state index contributed by atoms with van der Waals surface area (Å²) < 4.78 is 0.843. The van der Waals surface area contributed by atoms with Crippen molar-refractivity contribution >= 4 is 21.6 Å². The van der Waals surface area contributed by atoms with Crippen LogP contribution in [0, 0.1) is 11.3 Å². The molecule has 0 spiro atoms. The monoisotopic (exact) mass is 309 g/mol. The van der Waals surface area contributed by atoms with Gasteiger partial charge in [0.2, 0.25) is 0 Å². The lowest BCUT2D eigenvalue weighted by Gasteiger charge is -2.20. The van der Waals surface area contributed by atoms with Crippen LogP contribution in [0.25, 0.3) is 0 Å². The van der Waals surface area contributed by atoms with E-state index in [1.807, 2.05) is 18.2 Å². The van der Waals surface area contributed by atoms with Crippen molar-refractivity contribution in [3.63, 3.8) is 0 Å². The summed E-state index contributed by atoms with van der Waals surface area (Å²) in [5.41, 5.74) is 1.58. The summed E-state index contributed by atoms with van der Waals surface area (Å²) in [6.07, 6.45) is 1.17. The molecule has 0 bridgehead atoms. The van der Waals surface area contributed by atoms with Gasteiger partial charge < -0.3 is 10.2 Å². The first kappa shape index (κ1) is 15.0. The van der Waals surface area contributed by atoms with E-state index < -0.39 is 0 Å². The Morgan fingerprint density at radius 3 is 2.72 bits per heavy atom. The standard InChI is InChI=1S/C14H20BrN3/c1-3-9-18(4-2)10-8-17-14-7-5-6-13(15)12(14)11-16/h5-7,17H,3-4,8-10H2,1-2H3. The van der Waals surface area contributed by atoms with E-state index in [0.717, 1.165) is 36.3 Å². The number of nitrogens with one attached hydrogen (secondary N) is 1. The van der Waals surface area contributed by atoms with Crippen LogP contribution in [-0.4, -0.2) is 31.1 Å². The first-order valence-electron chi connectivity index (χ1n) is 6.37. The maximum atomic E-state index is 9.11. The summed E-state index contributed by atoms with van der Waals surface area (Å²) >= 11 is 3.39. The molecule has 0 atom stereocenters. The van der Waals surface area contributed by atoms with Crippen LogP contribution in [0.5, 0.6) is 0 Å². The van der Waals surface area contributed by atoms with Crippen molar-refractivity contribution in [3.8, 4) is 6.07 Å². The van der Waals surface area contributed by atoms with Crippen LogP contribution in [0.15, 0.2) is 22.7 Å². The molecule has 1 aromatic carbocycles. The number of benzene rings is 1. The van der Waals surface area contributed by atoms with Gasteiger partial charge in [-0.2, -0.15) is 5.26 Å². The van der Waals surface area contributed by atoms with E-state index in [4.69, 9.17) is 5.26 Å². The molecule has 0 aliphatic rings. The Bertz CT molecular complexity index is 412. The Morgan fingerprint density at radius 2 is 2.11 bits per heavy atom. The van der Waals surface area contributed by atoms with E-state index in [1.54, 1.807) is 0 Å². The third kappa shape index (κ3) is 4.32. The van der Waals surface area contributed by atoms with Crippen LogP contribution in [0.1, 0.15) is 25.8 Å². The highest BCUT2D eigenvalue weighted by Gasteiger charge is 2.06. The molecule has 0 saturated carbocycles. The first-order chi connectivity index (χ1) is 8.72. The molecular formula is C14H20BrN3. The van der Waals surface area contributed by atoms with Crippen LogP contribution in [0.3, 0.4) is 0 Å². The van der Waals surface area contributed by atoms with Crippen LogP contribution >= 0.6 is 15.9 Å². The average molecular weight is 310 g/mol. The molecule has 4 heteroatoms. The van der Waals surface area contributed by atoms with Crippen LogP contribution in [-0.2, 0) is 0 Å². The van der Waals surface area contributed by atoms with E-state index in [0.29, 0.717) is 5.56 Å². The van der Waals surface area contributed by atoms with Gasteiger partial charge in [-0.1, -0.05) is 19.9 Å². The maximum Gasteiger partial charge on any atom is 0.103 e. The van der Waals surface area contributed by atoms with Crippen molar-refractivity contribution in [1.82, 2.24) is 4.90 Å². The van der Waals surface area contributed by atoms with Gasteiger partial charge in [-0.25, -0.2) is 0 Å². The largest absolute Gasteiger partial charge is 0.383 e. The van der Waals surface area contributed by atoms with Gasteiger partial charge in [-0.3, -0.25) is 0 Å². The lowest BCUT2D eigenvalue weighted by Crippen LogP contribution is -2.29. The third-order valence-electron chi connectivity index (χ3n) is 2.86. The summed E-state index contributed by atoms with van der Waals surface area (Å²) in [6, 6.07) is 7.99. The Labute approximate surface area is 118 Å². The summed E-state index contributed by atoms with van der Waals surface area (Å²) in [4.78, 5) is 2.40. The molecule has 0 unspecified atom stereocenters. The van der Waals surface area contributed by atoms with E-state index >= 15 is 0 Å². The molecule has 0 aliphatic heterocycles. The van der Waals surface area contributed by atoms with Gasteiger partial charge in [0.05, 0.1) is 11.3 Å². The van der Waals surface area contributed by atoms with Crippen molar-refractivity contribution in [2.45, 2.75) is 20.3 Å². The fraction of sp³-hybridized carbons (Fsp3) is 0.500. The molecule has 0 heterocycles. The lowest BCUT2D eigenvalue weighted by atomic mass is 10.2. The van der Waals surface area contributed by atoms with Crippen molar-refractivity contribution < 1.29 is 0 Å². The molecular weight excluding hydrogens is 290 g/mol. The number of anilines is 1. The Hall–Kier alpha value is -1.05. The molecule has 1 rings (SSSR count).